The molecule has 2 atom stereocenters. The van der Waals surface area contributed by atoms with Crippen molar-refractivity contribution in [3.63, 3.8) is 0 Å². The number of phenols is 1. The predicted octanol–water partition coefficient (Wildman–Crippen LogP) is 3.42. The summed E-state index contributed by atoms with van der Waals surface area (Å²) in [5, 5.41) is 23.5. The molecule has 0 saturated carbocycles. The average Bonchev–Trinajstić information content (AvgIpc) is 3.02. The Balaban J connectivity index is 1.58. The molecule has 0 bridgehead atoms. The molecule has 3 heterocycles. The molecule has 2 aromatic heterocycles. The second-order valence-corrected chi connectivity index (χ2v) is 7.79. The number of oxazole rings is 1. The smallest absolute Gasteiger partial charge is 0.297 e. The third-order valence-electron chi connectivity index (χ3n) is 5.31. The number of likely N-dealkylation sites (tertiary alicyclic amines) is 1. The number of likely N-dealkylation sites (N-methyl/N-ethyl adjacent to an activating group) is 1. The minimum absolute atomic E-state index is 0.0855. The zero-order chi connectivity index (χ0) is 19.8. The molecule has 0 amide bonds. The highest BCUT2D eigenvalue weighted by Crippen LogP contribution is 2.35. The first-order valence-electron chi connectivity index (χ1n) is 9.29. The highest BCUT2D eigenvalue weighted by molar-refractivity contribution is 6.31. The maximum atomic E-state index is 10.3. The zero-order valence-electron chi connectivity index (χ0n) is 15.8. The number of aryl methyl sites for hydroxylation is 1. The molecule has 1 aliphatic rings. The predicted molar refractivity (Wildman–Crippen MR) is 109 cm³/mol. The molecule has 0 radical (unpaired) electrons. The topological polar surface area (TPSA) is 94.7 Å². The number of halogens is 1. The van der Waals surface area contributed by atoms with Gasteiger partial charge in [0.15, 0.2) is 5.58 Å². The molecular weight excluding hydrogens is 380 g/mol. The molecule has 28 heavy (non-hydrogen) atoms. The monoisotopic (exact) mass is 402 g/mol. The van der Waals surface area contributed by atoms with Gasteiger partial charge in [0.05, 0.1) is 12.3 Å². The molecule has 1 aromatic carbocycles. The molecule has 1 aliphatic heterocycles. The van der Waals surface area contributed by atoms with Crippen molar-refractivity contribution in [1.82, 2.24) is 14.9 Å². The molecule has 1 saturated heterocycles. The Hall–Kier alpha value is -2.35. The van der Waals surface area contributed by atoms with Crippen LogP contribution in [-0.4, -0.2) is 57.4 Å². The van der Waals surface area contributed by atoms with E-state index in [2.05, 4.69) is 20.2 Å². The van der Waals surface area contributed by atoms with Crippen LogP contribution in [0.4, 0.5) is 6.01 Å². The maximum absolute atomic E-state index is 10.3. The average molecular weight is 403 g/mol. The van der Waals surface area contributed by atoms with Gasteiger partial charge in [0, 0.05) is 29.2 Å². The lowest BCUT2D eigenvalue weighted by molar-refractivity contribution is 0.108. The lowest BCUT2D eigenvalue weighted by atomic mass is 10.00. The minimum Gasteiger partial charge on any atom is -0.507 e. The molecule has 8 heteroatoms. The number of nitrogens with one attached hydrogen (secondary N) is 1. The van der Waals surface area contributed by atoms with Crippen LogP contribution in [0.3, 0.4) is 0 Å². The Bertz CT molecular complexity index is 983. The number of aromatic hydroxyl groups is 1. The SMILES string of the molecule is Cc1cc(Cl)cc(O)c1-c1ccc2oc(NC3CCC(CO)N(C)C3)nc2n1. The van der Waals surface area contributed by atoms with Gasteiger partial charge in [0.25, 0.3) is 6.01 Å². The van der Waals surface area contributed by atoms with Gasteiger partial charge in [0.2, 0.25) is 5.65 Å². The van der Waals surface area contributed by atoms with E-state index in [1.165, 1.54) is 6.07 Å². The number of nitrogens with zero attached hydrogens (tertiary/aromatic N) is 3. The van der Waals surface area contributed by atoms with E-state index in [9.17, 15) is 10.2 Å². The van der Waals surface area contributed by atoms with Gasteiger partial charge in [-0.25, -0.2) is 4.98 Å². The standard InChI is InChI=1S/C20H23ClN4O3/c1-11-7-12(21)8-16(27)18(11)15-5-6-17-19(23-15)24-20(28-17)22-13-3-4-14(10-26)25(2)9-13/h5-8,13-14,26-27H,3-4,9-10H2,1-2H3,(H,22,23,24). The minimum atomic E-state index is 0.0855. The Kier molecular flexibility index (Phi) is 5.14. The molecule has 0 aliphatic carbocycles. The van der Waals surface area contributed by atoms with Crippen molar-refractivity contribution in [3.05, 3.63) is 34.9 Å². The zero-order valence-corrected chi connectivity index (χ0v) is 16.6. The number of anilines is 1. The Morgan fingerprint density at radius 1 is 1.29 bits per heavy atom. The molecule has 0 spiro atoms. The summed E-state index contributed by atoms with van der Waals surface area (Å²) < 4.78 is 5.79. The number of hydrogen-bond acceptors (Lipinski definition) is 7. The van der Waals surface area contributed by atoms with Gasteiger partial charge in [-0.1, -0.05) is 11.6 Å². The fraction of sp³-hybridized carbons (Fsp3) is 0.400. The number of phenolic OH excluding ortho intramolecular Hbond substituents is 1. The summed E-state index contributed by atoms with van der Waals surface area (Å²) in [6, 6.07) is 7.73. The summed E-state index contributed by atoms with van der Waals surface area (Å²) in [5.74, 6) is 0.0855. The first-order valence-corrected chi connectivity index (χ1v) is 9.67. The fourth-order valence-electron chi connectivity index (χ4n) is 3.80. The van der Waals surface area contributed by atoms with Crippen LogP contribution in [-0.2, 0) is 0 Å². The van der Waals surface area contributed by atoms with Gasteiger partial charge in [-0.15, -0.1) is 0 Å². The summed E-state index contributed by atoms with van der Waals surface area (Å²) in [6.07, 6.45) is 1.85. The summed E-state index contributed by atoms with van der Waals surface area (Å²) in [4.78, 5) is 11.2. The van der Waals surface area contributed by atoms with Gasteiger partial charge >= 0.3 is 0 Å². The van der Waals surface area contributed by atoms with E-state index >= 15 is 0 Å². The quantitative estimate of drug-likeness (QED) is 0.615. The van der Waals surface area contributed by atoms with Crippen molar-refractivity contribution in [2.75, 3.05) is 25.5 Å². The Morgan fingerprint density at radius 2 is 2.11 bits per heavy atom. The second kappa shape index (κ2) is 7.58. The number of hydrogen-bond donors (Lipinski definition) is 3. The van der Waals surface area contributed by atoms with Crippen molar-refractivity contribution in [3.8, 4) is 17.0 Å². The second-order valence-electron chi connectivity index (χ2n) is 7.35. The Morgan fingerprint density at radius 3 is 2.82 bits per heavy atom. The normalized spacial score (nSPS) is 20.6. The summed E-state index contributed by atoms with van der Waals surface area (Å²) >= 11 is 6.00. The van der Waals surface area contributed by atoms with Crippen LogP contribution in [0.1, 0.15) is 18.4 Å². The summed E-state index contributed by atoms with van der Waals surface area (Å²) in [7, 11) is 2.01. The van der Waals surface area contributed by atoms with E-state index in [-0.39, 0.29) is 24.4 Å². The summed E-state index contributed by atoms with van der Waals surface area (Å²) in [6.45, 7) is 2.86. The maximum Gasteiger partial charge on any atom is 0.297 e. The number of rotatable bonds is 4. The van der Waals surface area contributed by atoms with Gasteiger partial charge in [-0.05, 0) is 56.6 Å². The van der Waals surface area contributed by atoms with E-state index < -0.39 is 0 Å². The van der Waals surface area contributed by atoms with Crippen LogP contribution >= 0.6 is 11.6 Å². The molecule has 3 aromatic rings. The first-order chi connectivity index (χ1) is 13.4. The molecule has 148 valence electrons. The van der Waals surface area contributed by atoms with E-state index in [1.54, 1.807) is 18.2 Å². The van der Waals surface area contributed by atoms with Crippen molar-refractivity contribution < 1.29 is 14.6 Å². The number of benzene rings is 1. The van der Waals surface area contributed by atoms with E-state index in [4.69, 9.17) is 16.0 Å². The van der Waals surface area contributed by atoms with Crippen molar-refractivity contribution >= 4 is 28.8 Å². The number of aromatic nitrogens is 2. The van der Waals surface area contributed by atoms with Gasteiger partial charge in [-0.2, -0.15) is 4.98 Å². The fourth-order valence-corrected chi connectivity index (χ4v) is 4.07. The van der Waals surface area contributed by atoms with Gasteiger partial charge < -0.3 is 19.9 Å². The first kappa shape index (κ1) is 19.0. The number of pyridine rings is 1. The molecular formula is C20H23ClN4O3. The lowest BCUT2D eigenvalue weighted by Gasteiger charge is -2.36. The van der Waals surface area contributed by atoms with Crippen LogP contribution in [0.5, 0.6) is 5.75 Å². The van der Waals surface area contributed by atoms with Crippen molar-refractivity contribution in [2.45, 2.75) is 31.8 Å². The van der Waals surface area contributed by atoms with Crippen LogP contribution in [0.2, 0.25) is 5.02 Å². The van der Waals surface area contributed by atoms with Crippen LogP contribution in [0.25, 0.3) is 22.5 Å². The third kappa shape index (κ3) is 3.65. The van der Waals surface area contributed by atoms with E-state index in [0.29, 0.717) is 33.5 Å². The van der Waals surface area contributed by atoms with Gasteiger partial charge in [-0.3, -0.25) is 4.90 Å². The number of fused-ring (bicyclic) bond motifs is 1. The Labute approximate surface area is 168 Å². The van der Waals surface area contributed by atoms with E-state index in [1.807, 2.05) is 14.0 Å². The van der Waals surface area contributed by atoms with E-state index in [0.717, 1.165) is 24.9 Å². The molecule has 4 rings (SSSR count). The lowest BCUT2D eigenvalue weighted by Crippen LogP contribution is -2.47. The highest BCUT2D eigenvalue weighted by Gasteiger charge is 2.26. The van der Waals surface area contributed by atoms with Crippen molar-refractivity contribution in [1.29, 1.82) is 0 Å². The largest absolute Gasteiger partial charge is 0.507 e. The third-order valence-corrected chi connectivity index (χ3v) is 5.53. The van der Waals surface area contributed by atoms with Gasteiger partial charge in [0.1, 0.15) is 5.75 Å². The molecule has 1 fully saturated rings. The number of aliphatic hydroxyl groups is 1. The molecule has 2 unspecified atom stereocenters. The van der Waals surface area contributed by atoms with Crippen molar-refractivity contribution in [2.24, 2.45) is 0 Å². The van der Waals surface area contributed by atoms with Crippen LogP contribution < -0.4 is 5.32 Å². The summed E-state index contributed by atoms with van der Waals surface area (Å²) in [5.41, 5.74) is 3.14. The highest BCUT2D eigenvalue weighted by atomic mass is 35.5. The number of piperidine rings is 1. The molecule has 7 nitrogen and oxygen atoms in total. The number of aliphatic hydroxyl groups excluding tert-OH is 1. The van der Waals surface area contributed by atoms with Crippen LogP contribution in [0, 0.1) is 6.92 Å². The van der Waals surface area contributed by atoms with Crippen LogP contribution in [0.15, 0.2) is 28.7 Å². The molecule has 3 N–H and O–H groups in total.